The van der Waals surface area contributed by atoms with Crippen molar-refractivity contribution in [2.75, 3.05) is 32.8 Å². The number of rotatable bonds is 6. The summed E-state index contributed by atoms with van der Waals surface area (Å²) in [6.07, 6.45) is 4.97. The molecule has 1 aromatic carbocycles. The molecule has 0 spiro atoms. The monoisotopic (exact) mass is 381 g/mol. The van der Waals surface area contributed by atoms with E-state index < -0.39 is 6.61 Å². The molecule has 1 N–H and O–H groups in total. The lowest BCUT2D eigenvalue weighted by Crippen LogP contribution is -2.39. The van der Waals surface area contributed by atoms with E-state index in [0.717, 1.165) is 23.1 Å². The van der Waals surface area contributed by atoms with Gasteiger partial charge >= 0.3 is 0 Å². The van der Waals surface area contributed by atoms with Crippen LogP contribution in [0.2, 0.25) is 0 Å². The van der Waals surface area contributed by atoms with Crippen molar-refractivity contribution in [1.82, 2.24) is 14.8 Å². The Kier molecular flexibility index (Phi) is 6.76. The van der Waals surface area contributed by atoms with Crippen LogP contribution in [0.5, 0.6) is 0 Å². The highest BCUT2D eigenvalue weighted by atomic mass is 16.3. The van der Waals surface area contributed by atoms with Gasteiger partial charge in [0.25, 0.3) is 0 Å². The first-order chi connectivity index (χ1) is 13.6. The Morgan fingerprint density at radius 3 is 2.75 bits per heavy atom. The molecule has 148 valence electrons. The largest absolute Gasteiger partial charge is 0.387 e. The second-order valence-electron chi connectivity index (χ2n) is 7.12. The van der Waals surface area contributed by atoms with Gasteiger partial charge in [-0.2, -0.15) is 0 Å². The molecule has 1 aromatic heterocycles. The number of hydrogen-bond acceptors (Lipinski definition) is 4. The van der Waals surface area contributed by atoms with Crippen LogP contribution in [0.25, 0.3) is 11.1 Å². The van der Waals surface area contributed by atoms with Crippen molar-refractivity contribution in [2.45, 2.75) is 19.8 Å². The van der Waals surface area contributed by atoms with Gasteiger partial charge in [0.1, 0.15) is 6.61 Å². The van der Waals surface area contributed by atoms with Crippen molar-refractivity contribution < 1.29 is 14.7 Å². The maximum absolute atomic E-state index is 13.2. The molecule has 1 aliphatic rings. The lowest BCUT2D eigenvalue weighted by molar-refractivity contribution is -0.135. The molecule has 6 nitrogen and oxygen atoms in total. The number of pyridine rings is 1. The molecule has 0 bridgehead atoms. The number of aliphatic hydroxyl groups is 1. The molecule has 2 heterocycles. The lowest BCUT2D eigenvalue weighted by atomic mass is 9.91. The Morgan fingerprint density at radius 1 is 1.21 bits per heavy atom. The Labute approximate surface area is 165 Å². The summed E-state index contributed by atoms with van der Waals surface area (Å²) >= 11 is 0. The minimum Gasteiger partial charge on any atom is -0.387 e. The number of nitrogens with zero attached hydrogens (tertiary/aromatic N) is 3. The number of aromatic nitrogens is 1. The predicted molar refractivity (Wildman–Crippen MR) is 107 cm³/mol. The van der Waals surface area contributed by atoms with Crippen LogP contribution in [0.4, 0.5) is 0 Å². The van der Waals surface area contributed by atoms with Crippen LogP contribution in [-0.4, -0.2) is 64.5 Å². The number of carbonyl (C=O) groups excluding carboxylic acids is 2. The smallest absolute Gasteiger partial charge is 0.248 e. The van der Waals surface area contributed by atoms with Gasteiger partial charge in [-0.05, 0) is 30.0 Å². The fraction of sp³-hybridized carbons (Fsp3) is 0.409. The normalized spacial score (nSPS) is 17.5. The average molecular weight is 381 g/mol. The van der Waals surface area contributed by atoms with Gasteiger partial charge in [0.2, 0.25) is 11.8 Å². The molecule has 0 saturated carbocycles. The fourth-order valence-corrected chi connectivity index (χ4v) is 3.78. The number of aliphatic hydroxyl groups excluding tert-OH is 1. The van der Waals surface area contributed by atoms with Crippen molar-refractivity contribution in [3.63, 3.8) is 0 Å². The maximum Gasteiger partial charge on any atom is 0.248 e. The van der Waals surface area contributed by atoms with Crippen molar-refractivity contribution in [2.24, 2.45) is 5.92 Å². The molecule has 1 atom stereocenters. The summed E-state index contributed by atoms with van der Waals surface area (Å²) in [6, 6.07) is 11.9. The second kappa shape index (κ2) is 9.46. The van der Waals surface area contributed by atoms with E-state index in [-0.39, 0.29) is 17.7 Å². The van der Waals surface area contributed by atoms with E-state index in [1.54, 1.807) is 11.1 Å². The highest BCUT2D eigenvalue weighted by molar-refractivity contribution is 5.83. The Bertz CT molecular complexity index is 810. The third kappa shape index (κ3) is 4.57. The summed E-state index contributed by atoms with van der Waals surface area (Å²) in [7, 11) is 0. The zero-order valence-electron chi connectivity index (χ0n) is 16.3. The first-order valence-corrected chi connectivity index (χ1v) is 9.79. The van der Waals surface area contributed by atoms with Gasteiger partial charge in [-0.3, -0.25) is 14.6 Å². The van der Waals surface area contributed by atoms with Crippen LogP contribution in [0, 0.1) is 5.92 Å². The molecule has 2 amide bonds. The van der Waals surface area contributed by atoms with E-state index in [1.165, 1.54) is 0 Å². The zero-order chi connectivity index (χ0) is 19.9. The Balaban J connectivity index is 1.90. The number of hydrogen-bond donors (Lipinski definition) is 1. The number of benzene rings is 1. The molecule has 1 aliphatic heterocycles. The van der Waals surface area contributed by atoms with Crippen molar-refractivity contribution in [1.29, 1.82) is 0 Å². The first kappa shape index (κ1) is 20.0. The van der Waals surface area contributed by atoms with E-state index in [0.29, 0.717) is 32.6 Å². The van der Waals surface area contributed by atoms with Crippen molar-refractivity contribution in [3.8, 4) is 11.1 Å². The fourth-order valence-electron chi connectivity index (χ4n) is 3.78. The molecule has 1 unspecified atom stereocenters. The molecular weight excluding hydrogens is 354 g/mol. The van der Waals surface area contributed by atoms with Crippen LogP contribution in [0.15, 0.2) is 48.8 Å². The summed E-state index contributed by atoms with van der Waals surface area (Å²) in [6.45, 7) is 3.51. The molecule has 2 aromatic rings. The Morgan fingerprint density at radius 2 is 2.04 bits per heavy atom. The van der Waals surface area contributed by atoms with E-state index in [1.807, 2.05) is 54.4 Å². The number of amides is 2. The molecule has 28 heavy (non-hydrogen) atoms. The van der Waals surface area contributed by atoms with Crippen LogP contribution in [0.3, 0.4) is 0 Å². The van der Waals surface area contributed by atoms with E-state index in [9.17, 15) is 14.7 Å². The van der Waals surface area contributed by atoms with Crippen LogP contribution < -0.4 is 0 Å². The summed E-state index contributed by atoms with van der Waals surface area (Å²) in [5, 5.41) is 9.29. The average Bonchev–Trinajstić information content (AvgIpc) is 2.89. The highest BCUT2D eigenvalue weighted by Gasteiger charge is 2.32. The van der Waals surface area contributed by atoms with Gasteiger partial charge in [-0.15, -0.1) is 0 Å². The zero-order valence-corrected chi connectivity index (χ0v) is 16.3. The lowest BCUT2D eigenvalue weighted by Gasteiger charge is -2.24. The minimum atomic E-state index is -0.527. The van der Waals surface area contributed by atoms with Gasteiger partial charge in [0, 0.05) is 44.1 Å². The molecule has 1 saturated heterocycles. The molecule has 0 radical (unpaired) electrons. The van der Waals surface area contributed by atoms with Crippen LogP contribution in [0.1, 0.15) is 18.9 Å². The molecule has 3 rings (SSSR count). The molecular formula is C22H27N3O3. The standard InChI is InChI=1S/C22H27N3O3/c1-2-10-24-11-12-25(21(27)16-26)15-19(22(24)28)13-17-6-3-4-8-20(17)18-7-5-9-23-14-18/h3-9,14,19,26H,2,10-13,15-16H2,1H3. The predicted octanol–water partition coefficient (Wildman–Crippen LogP) is 1.98. The summed E-state index contributed by atoms with van der Waals surface area (Å²) < 4.78 is 0. The van der Waals surface area contributed by atoms with Gasteiger partial charge in [0.05, 0.1) is 5.92 Å². The van der Waals surface area contributed by atoms with Crippen molar-refractivity contribution >= 4 is 11.8 Å². The van der Waals surface area contributed by atoms with Crippen LogP contribution in [-0.2, 0) is 16.0 Å². The van der Waals surface area contributed by atoms with E-state index >= 15 is 0 Å². The SMILES string of the molecule is CCCN1CCN(C(=O)CO)CC(Cc2ccccc2-c2cccnc2)C1=O. The van der Waals surface area contributed by atoms with E-state index in [2.05, 4.69) is 4.98 Å². The second-order valence-corrected chi connectivity index (χ2v) is 7.12. The Hall–Kier alpha value is -2.73. The quantitative estimate of drug-likeness (QED) is 0.830. The minimum absolute atomic E-state index is 0.0797. The number of carbonyl (C=O) groups is 2. The first-order valence-electron chi connectivity index (χ1n) is 9.79. The molecule has 1 fully saturated rings. The van der Waals surface area contributed by atoms with Gasteiger partial charge < -0.3 is 14.9 Å². The topological polar surface area (TPSA) is 73.7 Å². The summed E-state index contributed by atoms with van der Waals surface area (Å²) in [4.78, 5) is 32.9. The highest BCUT2D eigenvalue weighted by Crippen LogP contribution is 2.26. The third-order valence-electron chi connectivity index (χ3n) is 5.18. The van der Waals surface area contributed by atoms with Gasteiger partial charge in [-0.1, -0.05) is 37.3 Å². The van der Waals surface area contributed by atoms with Gasteiger partial charge in [-0.25, -0.2) is 0 Å². The summed E-state index contributed by atoms with van der Waals surface area (Å²) in [5.41, 5.74) is 3.12. The molecule has 0 aliphatic carbocycles. The maximum atomic E-state index is 13.2. The van der Waals surface area contributed by atoms with Gasteiger partial charge in [0.15, 0.2) is 0 Å². The summed E-state index contributed by atoms with van der Waals surface area (Å²) in [5.74, 6) is -0.574. The van der Waals surface area contributed by atoms with Crippen LogP contribution >= 0.6 is 0 Å². The third-order valence-corrected chi connectivity index (χ3v) is 5.18. The van der Waals surface area contributed by atoms with E-state index in [4.69, 9.17) is 0 Å². The molecule has 6 heteroatoms. The van der Waals surface area contributed by atoms with Crippen molar-refractivity contribution in [3.05, 3.63) is 54.4 Å².